The predicted molar refractivity (Wildman–Crippen MR) is 84.3 cm³/mol. The topological polar surface area (TPSA) is 38.8 Å². The largest absolute Gasteiger partial charge is 0.485 e. The summed E-state index contributed by atoms with van der Waals surface area (Å²) in [6.45, 7) is 0.691. The van der Waals surface area contributed by atoms with Gasteiger partial charge in [-0.3, -0.25) is 4.79 Å². The van der Waals surface area contributed by atoms with E-state index in [1.165, 1.54) is 0 Å². The first kappa shape index (κ1) is 14.7. The predicted octanol–water partition coefficient (Wildman–Crippen LogP) is 3.14. The van der Waals surface area contributed by atoms with Gasteiger partial charge in [-0.2, -0.15) is 0 Å². The number of likely N-dealkylation sites (N-methyl/N-ethyl adjacent to an activating group) is 1. The molecule has 0 bridgehead atoms. The van der Waals surface area contributed by atoms with Crippen molar-refractivity contribution < 1.29 is 14.3 Å². The number of fused-ring (bicyclic) bond motifs is 1. The van der Waals surface area contributed by atoms with Gasteiger partial charge in [0.25, 0.3) is 5.91 Å². The number of carbonyl (C=O) groups is 1. The zero-order valence-corrected chi connectivity index (χ0v) is 12.9. The normalized spacial score (nSPS) is 16.2. The van der Waals surface area contributed by atoms with Crippen LogP contribution in [0.3, 0.4) is 0 Å². The zero-order chi connectivity index (χ0) is 15.5. The molecule has 0 N–H and O–H groups in total. The van der Waals surface area contributed by atoms with Gasteiger partial charge in [-0.1, -0.05) is 35.9 Å². The molecule has 5 heteroatoms. The smallest absolute Gasteiger partial charge is 0.267 e. The van der Waals surface area contributed by atoms with Crippen molar-refractivity contribution in [2.45, 2.75) is 12.6 Å². The van der Waals surface area contributed by atoms with E-state index in [0.717, 1.165) is 5.56 Å². The Morgan fingerprint density at radius 1 is 1.23 bits per heavy atom. The van der Waals surface area contributed by atoms with Crippen LogP contribution in [-0.2, 0) is 11.3 Å². The Morgan fingerprint density at radius 2 is 2.00 bits per heavy atom. The van der Waals surface area contributed by atoms with E-state index in [2.05, 4.69) is 0 Å². The molecule has 0 fully saturated rings. The van der Waals surface area contributed by atoms with E-state index in [-0.39, 0.29) is 12.5 Å². The van der Waals surface area contributed by atoms with Gasteiger partial charge in [0, 0.05) is 18.6 Å². The summed E-state index contributed by atoms with van der Waals surface area (Å²) in [4.78, 5) is 14.1. The van der Waals surface area contributed by atoms with Gasteiger partial charge in [-0.25, -0.2) is 0 Å². The van der Waals surface area contributed by atoms with Crippen LogP contribution >= 0.6 is 11.6 Å². The lowest BCUT2D eigenvalue weighted by Gasteiger charge is -2.28. The number of amides is 1. The molecule has 2 aromatic rings. The highest BCUT2D eigenvalue weighted by atomic mass is 35.5. The first-order valence-corrected chi connectivity index (χ1v) is 7.39. The molecule has 0 unspecified atom stereocenters. The molecule has 114 valence electrons. The van der Waals surface area contributed by atoms with E-state index in [1.54, 1.807) is 18.0 Å². The molecule has 2 aromatic carbocycles. The molecule has 0 saturated heterocycles. The van der Waals surface area contributed by atoms with E-state index in [1.807, 2.05) is 42.5 Å². The van der Waals surface area contributed by atoms with Crippen LogP contribution in [0.15, 0.2) is 48.5 Å². The summed E-state index contributed by atoms with van der Waals surface area (Å²) in [5.74, 6) is 1.15. The van der Waals surface area contributed by atoms with Gasteiger partial charge in [-0.15, -0.1) is 0 Å². The Morgan fingerprint density at radius 3 is 2.77 bits per heavy atom. The maximum atomic E-state index is 12.5. The molecule has 0 saturated carbocycles. The van der Waals surface area contributed by atoms with Crippen molar-refractivity contribution in [1.82, 2.24) is 4.90 Å². The minimum atomic E-state index is -0.626. The summed E-state index contributed by atoms with van der Waals surface area (Å²) in [5.41, 5.74) is 0.973. The Balaban J connectivity index is 1.67. The summed E-state index contributed by atoms with van der Waals surface area (Å²) < 4.78 is 11.3. The van der Waals surface area contributed by atoms with E-state index in [0.29, 0.717) is 23.1 Å². The lowest BCUT2D eigenvalue weighted by molar-refractivity contribution is -0.140. The molecule has 0 aliphatic carbocycles. The highest BCUT2D eigenvalue weighted by molar-refractivity contribution is 6.30. The summed E-state index contributed by atoms with van der Waals surface area (Å²) >= 11 is 5.96. The summed E-state index contributed by atoms with van der Waals surface area (Å²) in [7, 11) is 1.74. The van der Waals surface area contributed by atoms with Gasteiger partial charge in [0.15, 0.2) is 11.5 Å². The van der Waals surface area contributed by atoms with Crippen molar-refractivity contribution in [3.05, 3.63) is 59.1 Å². The molecular weight excluding hydrogens is 302 g/mol. The van der Waals surface area contributed by atoms with Gasteiger partial charge < -0.3 is 14.4 Å². The SMILES string of the molecule is CN(Cc1cccc(Cl)c1)C(=O)[C@H]1COc2ccccc2O1. The number of halogens is 1. The molecule has 0 aromatic heterocycles. The van der Waals surface area contributed by atoms with Gasteiger partial charge in [0.1, 0.15) is 6.61 Å². The number of hydrogen-bond donors (Lipinski definition) is 0. The van der Waals surface area contributed by atoms with Gasteiger partial charge in [-0.05, 0) is 29.8 Å². The molecule has 1 aliphatic heterocycles. The third kappa shape index (κ3) is 3.17. The fourth-order valence-corrected chi connectivity index (χ4v) is 2.59. The van der Waals surface area contributed by atoms with Crippen molar-refractivity contribution in [1.29, 1.82) is 0 Å². The van der Waals surface area contributed by atoms with Crippen LogP contribution in [0.25, 0.3) is 0 Å². The van der Waals surface area contributed by atoms with Crippen LogP contribution in [0.1, 0.15) is 5.56 Å². The number of ether oxygens (including phenoxy) is 2. The first-order chi connectivity index (χ1) is 10.6. The van der Waals surface area contributed by atoms with Crippen molar-refractivity contribution in [2.75, 3.05) is 13.7 Å². The molecule has 1 heterocycles. The van der Waals surface area contributed by atoms with Crippen LogP contribution in [0.4, 0.5) is 0 Å². The molecule has 1 aliphatic rings. The monoisotopic (exact) mass is 317 g/mol. The van der Waals surface area contributed by atoms with Crippen molar-refractivity contribution in [3.8, 4) is 11.5 Å². The van der Waals surface area contributed by atoms with E-state index >= 15 is 0 Å². The number of carbonyl (C=O) groups excluding carboxylic acids is 1. The molecule has 1 atom stereocenters. The van der Waals surface area contributed by atoms with Crippen molar-refractivity contribution in [3.63, 3.8) is 0 Å². The second-order valence-electron chi connectivity index (χ2n) is 5.19. The van der Waals surface area contributed by atoms with Gasteiger partial charge in [0.2, 0.25) is 6.10 Å². The minimum Gasteiger partial charge on any atom is -0.485 e. The number of nitrogens with zero attached hydrogens (tertiary/aromatic N) is 1. The van der Waals surface area contributed by atoms with Crippen LogP contribution in [0, 0.1) is 0 Å². The fourth-order valence-electron chi connectivity index (χ4n) is 2.37. The standard InChI is InChI=1S/C17H16ClNO3/c1-19(10-12-5-4-6-13(18)9-12)17(20)16-11-21-14-7-2-3-8-15(14)22-16/h2-9,16H,10-11H2,1H3/t16-/m1/s1. The fraction of sp³-hybridized carbons (Fsp3) is 0.235. The lowest BCUT2D eigenvalue weighted by atomic mass is 10.2. The number of hydrogen-bond acceptors (Lipinski definition) is 3. The average molecular weight is 318 g/mol. The van der Waals surface area contributed by atoms with E-state index < -0.39 is 6.10 Å². The maximum Gasteiger partial charge on any atom is 0.267 e. The summed E-state index contributed by atoms with van der Waals surface area (Å²) in [5, 5.41) is 0.657. The highest BCUT2D eigenvalue weighted by Crippen LogP contribution is 2.31. The molecule has 1 amide bonds. The van der Waals surface area contributed by atoms with Crippen LogP contribution in [0.2, 0.25) is 5.02 Å². The molecular formula is C17H16ClNO3. The Kier molecular flexibility index (Phi) is 4.20. The quantitative estimate of drug-likeness (QED) is 0.873. The van der Waals surface area contributed by atoms with Crippen LogP contribution < -0.4 is 9.47 Å². The second-order valence-corrected chi connectivity index (χ2v) is 5.62. The molecule has 3 rings (SSSR count). The van der Waals surface area contributed by atoms with Crippen LogP contribution in [0.5, 0.6) is 11.5 Å². The first-order valence-electron chi connectivity index (χ1n) is 7.01. The summed E-state index contributed by atoms with van der Waals surface area (Å²) in [6, 6.07) is 14.8. The number of para-hydroxylation sites is 2. The Labute approximate surface area is 134 Å². The summed E-state index contributed by atoms with van der Waals surface area (Å²) in [6.07, 6.45) is -0.626. The maximum absolute atomic E-state index is 12.5. The van der Waals surface area contributed by atoms with Crippen molar-refractivity contribution in [2.24, 2.45) is 0 Å². The van der Waals surface area contributed by atoms with E-state index in [9.17, 15) is 4.79 Å². The van der Waals surface area contributed by atoms with Crippen molar-refractivity contribution >= 4 is 17.5 Å². The van der Waals surface area contributed by atoms with E-state index in [4.69, 9.17) is 21.1 Å². The third-order valence-electron chi connectivity index (χ3n) is 3.47. The second kappa shape index (κ2) is 6.28. The zero-order valence-electron chi connectivity index (χ0n) is 12.2. The minimum absolute atomic E-state index is 0.116. The number of benzene rings is 2. The molecule has 22 heavy (non-hydrogen) atoms. The molecule has 0 radical (unpaired) electrons. The Hall–Kier alpha value is -2.20. The Bertz CT molecular complexity index is 689. The highest BCUT2D eigenvalue weighted by Gasteiger charge is 2.29. The van der Waals surface area contributed by atoms with Gasteiger partial charge >= 0.3 is 0 Å². The molecule has 0 spiro atoms. The van der Waals surface area contributed by atoms with Crippen LogP contribution in [-0.4, -0.2) is 30.6 Å². The molecule has 4 nitrogen and oxygen atoms in total. The van der Waals surface area contributed by atoms with Gasteiger partial charge in [0.05, 0.1) is 0 Å². The lowest BCUT2D eigenvalue weighted by Crippen LogP contribution is -2.44. The number of rotatable bonds is 3. The average Bonchev–Trinajstić information content (AvgIpc) is 2.53. The third-order valence-corrected chi connectivity index (χ3v) is 3.70.